The van der Waals surface area contributed by atoms with Crippen molar-refractivity contribution in [2.24, 2.45) is 0 Å². The molecule has 11 heteroatoms. The summed E-state index contributed by atoms with van der Waals surface area (Å²) in [5.41, 5.74) is -1.68. The molecule has 0 aliphatic rings. The zero-order valence-corrected chi connectivity index (χ0v) is 19.7. The summed E-state index contributed by atoms with van der Waals surface area (Å²) in [6.07, 6.45) is 0.237. The molecular weight excluding hydrogens is 420 g/mol. The van der Waals surface area contributed by atoms with Gasteiger partial charge in [0, 0.05) is 19.2 Å². The molecule has 0 aliphatic carbocycles. The quantitative estimate of drug-likeness (QED) is 0.269. The van der Waals surface area contributed by atoms with E-state index in [1.54, 1.807) is 48.5 Å². The van der Waals surface area contributed by atoms with E-state index in [1.165, 1.54) is 6.20 Å². The molecule has 1 aromatic heterocycles. The Morgan fingerprint density at radius 1 is 1.06 bits per heavy atom. The third-order valence-electron chi connectivity index (χ3n) is 3.44. The summed E-state index contributed by atoms with van der Waals surface area (Å²) in [4.78, 5) is 57.0. The Bertz CT molecular complexity index is 800. The number of aromatic nitrogens is 2. The summed E-state index contributed by atoms with van der Waals surface area (Å²) in [6, 6.07) is 0. The second-order valence-electron chi connectivity index (χ2n) is 8.72. The van der Waals surface area contributed by atoms with Crippen LogP contribution in [0.25, 0.3) is 0 Å². The van der Waals surface area contributed by atoms with Crippen molar-refractivity contribution in [1.29, 1.82) is 0 Å². The number of carbonyl (C=O) groups is 4. The van der Waals surface area contributed by atoms with E-state index in [9.17, 15) is 19.2 Å². The van der Waals surface area contributed by atoms with Crippen LogP contribution in [0.4, 0.5) is 21.4 Å². The van der Waals surface area contributed by atoms with Gasteiger partial charge in [-0.15, -0.1) is 4.90 Å². The van der Waals surface area contributed by atoms with Gasteiger partial charge in [-0.25, -0.2) is 14.6 Å². The van der Waals surface area contributed by atoms with E-state index in [4.69, 9.17) is 14.2 Å². The Labute approximate surface area is 187 Å². The lowest BCUT2D eigenvalue weighted by Crippen LogP contribution is -2.44. The number of amides is 2. The topological polar surface area (TPSA) is 137 Å². The normalized spacial score (nSPS) is 11.3. The minimum Gasteiger partial charge on any atom is -0.466 e. The van der Waals surface area contributed by atoms with Crippen molar-refractivity contribution < 1.29 is 33.4 Å². The molecule has 32 heavy (non-hydrogen) atoms. The molecule has 0 radical (unpaired) electrons. The molecule has 178 valence electrons. The molecule has 1 rings (SSSR count). The second kappa shape index (κ2) is 11.4. The van der Waals surface area contributed by atoms with Gasteiger partial charge in [-0.2, -0.15) is 4.98 Å². The Morgan fingerprint density at radius 3 is 2.09 bits per heavy atom. The summed E-state index contributed by atoms with van der Waals surface area (Å²) < 4.78 is 15.5. The standard InChI is InChI=1S/C21H32N4O7/c1-8-30-15(27)10-9-11-22-16-14(13-26)12-23-17(24-16)25(18(28)31-20(2,3)4)19(29)32-21(5,6)7/h12-13H,8-11H2,1-7H3,(H,22,23,24). The van der Waals surface area contributed by atoms with Gasteiger partial charge in [0.05, 0.1) is 12.2 Å². The molecule has 0 bridgehead atoms. The van der Waals surface area contributed by atoms with Crippen molar-refractivity contribution in [3.8, 4) is 0 Å². The zero-order chi connectivity index (χ0) is 24.5. The van der Waals surface area contributed by atoms with Crippen LogP contribution in [0.2, 0.25) is 0 Å². The number of aldehydes is 1. The molecule has 0 saturated heterocycles. The third kappa shape index (κ3) is 9.27. The van der Waals surface area contributed by atoms with E-state index >= 15 is 0 Å². The third-order valence-corrected chi connectivity index (χ3v) is 3.44. The van der Waals surface area contributed by atoms with Gasteiger partial charge in [-0.3, -0.25) is 9.59 Å². The van der Waals surface area contributed by atoms with Gasteiger partial charge >= 0.3 is 18.2 Å². The molecule has 0 aliphatic heterocycles. The number of imide groups is 1. The number of rotatable bonds is 8. The van der Waals surface area contributed by atoms with Crippen LogP contribution in [0.5, 0.6) is 0 Å². The van der Waals surface area contributed by atoms with Crippen molar-refractivity contribution in [3.05, 3.63) is 11.8 Å². The Balaban J connectivity index is 3.16. The van der Waals surface area contributed by atoms with Crippen molar-refractivity contribution in [1.82, 2.24) is 9.97 Å². The first kappa shape index (κ1) is 26.8. The first-order chi connectivity index (χ1) is 14.8. The molecule has 0 fully saturated rings. The van der Waals surface area contributed by atoms with Crippen molar-refractivity contribution >= 4 is 36.2 Å². The highest BCUT2D eigenvalue weighted by molar-refractivity contribution is 6.08. The molecule has 0 unspecified atom stereocenters. The molecule has 0 aromatic carbocycles. The van der Waals surface area contributed by atoms with Crippen LogP contribution in [-0.2, 0) is 19.0 Å². The summed E-state index contributed by atoms with van der Waals surface area (Å²) in [6.45, 7) is 12.2. The molecule has 1 N–H and O–H groups in total. The number of nitrogens with one attached hydrogen (secondary N) is 1. The van der Waals surface area contributed by atoms with Gasteiger partial charge in [0.15, 0.2) is 6.29 Å². The van der Waals surface area contributed by atoms with E-state index in [2.05, 4.69) is 15.3 Å². The summed E-state index contributed by atoms with van der Waals surface area (Å²) in [5.74, 6) is -0.577. The lowest BCUT2D eigenvalue weighted by atomic mass is 10.2. The summed E-state index contributed by atoms with van der Waals surface area (Å²) in [5, 5.41) is 2.91. The highest BCUT2D eigenvalue weighted by atomic mass is 16.6. The smallest absolute Gasteiger partial charge is 0.427 e. The highest BCUT2D eigenvalue weighted by Crippen LogP contribution is 2.21. The van der Waals surface area contributed by atoms with Gasteiger partial charge in [-0.1, -0.05) is 0 Å². The van der Waals surface area contributed by atoms with Gasteiger partial charge < -0.3 is 19.5 Å². The fourth-order valence-electron chi connectivity index (χ4n) is 2.24. The fraction of sp³-hybridized carbons (Fsp3) is 0.619. The van der Waals surface area contributed by atoms with Crippen LogP contribution in [0.15, 0.2) is 6.20 Å². The molecule has 2 amide bonds. The Hall–Kier alpha value is -3.24. The lowest BCUT2D eigenvalue weighted by molar-refractivity contribution is -0.143. The zero-order valence-electron chi connectivity index (χ0n) is 19.7. The predicted molar refractivity (Wildman–Crippen MR) is 117 cm³/mol. The van der Waals surface area contributed by atoms with Crippen molar-refractivity contribution in [3.63, 3.8) is 0 Å². The largest absolute Gasteiger partial charge is 0.466 e. The van der Waals surface area contributed by atoms with Crippen LogP contribution in [-0.4, -0.2) is 58.8 Å². The van der Waals surface area contributed by atoms with Crippen LogP contribution in [0, 0.1) is 0 Å². The lowest BCUT2D eigenvalue weighted by Gasteiger charge is -2.27. The first-order valence-electron chi connectivity index (χ1n) is 10.2. The van der Waals surface area contributed by atoms with Gasteiger partial charge in [0.25, 0.3) is 0 Å². The Morgan fingerprint density at radius 2 is 1.62 bits per heavy atom. The van der Waals surface area contributed by atoms with Crippen LogP contribution in [0.3, 0.4) is 0 Å². The number of esters is 1. The highest BCUT2D eigenvalue weighted by Gasteiger charge is 2.35. The molecule has 1 aromatic rings. The average Bonchev–Trinajstić information content (AvgIpc) is 2.63. The van der Waals surface area contributed by atoms with Crippen molar-refractivity contribution in [2.45, 2.75) is 72.5 Å². The van der Waals surface area contributed by atoms with Crippen LogP contribution < -0.4 is 10.2 Å². The van der Waals surface area contributed by atoms with E-state index in [-0.39, 0.29) is 36.3 Å². The number of ether oxygens (including phenoxy) is 3. The van der Waals surface area contributed by atoms with Gasteiger partial charge in [0.2, 0.25) is 5.95 Å². The summed E-state index contributed by atoms with van der Waals surface area (Å²) in [7, 11) is 0. The molecule has 0 atom stereocenters. The summed E-state index contributed by atoms with van der Waals surface area (Å²) >= 11 is 0. The minimum atomic E-state index is -1.03. The molecule has 0 saturated carbocycles. The number of anilines is 2. The van der Waals surface area contributed by atoms with E-state index in [1.807, 2.05) is 0 Å². The molecule has 11 nitrogen and oxygen atoms in total. The van der Waals surface area contributed by atoms with E-state index in [0.29, 0.717) is 24.2 Å². The van der Waals surface area contributed by atoms with Crippen LogP contribution >= 0.6 is 0 Å². The molecular formula is C21H32N4O7. The number of hydrogen-bond donors (Lipinski definition) is 1. The first-order valence-corrected chi connectivity index (χ1v) is 10.2. The van der Waals surface area contributed by atoms with Crippen LogP contribution in [0.1, 0.15) is 71.7 Å². The number of hydrogen-bond acceptors (Lipinski definition) is 10. The molecule has 1 heterocycles. The maximum absolute atomic E-state index is 12.7. The monoisotopic (exact) mass is 452 g/mol. The van der Waals surface area contributed by atoms with Crippen molar-refractivity contribution in [2.75, 3.05) is 23.4 Å². The molecule has 0 spiro atoms. The second-order valence-corrected chi connectivity index (χ2v) is 8.72. The number of nitrogens with zero attached hydrogens (tertiary/aromatic N) is 3. The fourth-order valence-corrected chi connectivity index (χ4v) is 2.24. The predicted octanol–water partition coefficient (Wildman–Crippen LogP) is 3.72. The Kier molecular flexibility index (Phi) is 9.54. The SMILES string of the molecule is CCOC(=O)CCCNc1nc(N(C(=O)OC(C)(C)C)C(=O)OC(C)(C)C)ncc1C=O. The number of carbonyl (C=O) groups excluding carboxylic acids is 4. The van der Waals surface area contributed by atoms with Gasteiger partial charge in [-0.05, 0) is 54.9 Å². The van der Waals surface area contributed by atoms with E-state index < -0.39 is 23.4 Å². The van der Waals surface area contributed by atoms with Gasteiger partial charge in [0.1, 0.15) is 17.0 Å². The maximum Gasteiger partial charge on any atom is 0.427 e. The van der Waals surface area contributed by atoms with E-state index in [0.717, 1.165) is 0 Å². The maximum atomic E-state index is 12.7. The average molecular weight is 453 g/mol. The minimum absolute atomic E-state index is 0.0889.